The number of fused-ring (bicyclic) bond motifs is 1. The molecular weight excluding hydrogens is 306 g/mol. The minimum Gasteiger partial charge on any atom is -0.334 e. The van der Waals surface area contributed by atoms with E-state index in [1.807, 2.05) is 19.1 Å². The lowest BCUT2D eigenvalue weighted by Crippen LogP contribution is -2.09. The molecule has 0 aliphatic heterocycles. The standard InChI is InChI=1S/C17H13N5O2/c1-2-14-21-17(24-22-14)12-9-11-13(20-16(12)23)5-8-19-15(11)10-3-6-18-7-4-10/h3-9H,2H2,1H3,(H,20,23). The molecule has 4 rings (SSSR count). The maximum Gasteiger partial charge on any atom is 0.263 e. The SMILES string of the molecule is CCc1noc(-c2cc3c(-c4ccncc4)nccc3[nH]c2=O)n1. The van der Waals surface area contributed by atoms with Gasteiger partial charge in [-0.1, -0.05) is 12.1 Å². The number of hydrogen-bond donors (Lipinski definition) is 1. The third-order valence-corrected chi connectivity index (χ3v) is 3.74. The molecule has 0 saturated carbocycles. The van der Waals surface area contributed by atoms with Crippen LogP contribution < -0.4 is 5.56 Å². The van der Waals surface area contributed by atoms with Crippen LogP contribution in [0.25, 0.3) is 33.6 Å². The number of H-pyrrole nitrogens is 1. The lowest BCUT2D eigenvalue weighted by atomic mass is 10.1. The molecule has 4 aromatic heterocycles. The molecule has 118 valence electrons. The molecule has 0 radical (unpaired) electrons. The molecule has 0 spiro atoms. The number of aromatic nitrogens is 5. The molecule has 0 atom stereocenters. The van der Waals surface area contributed by atoms with Crippen molar-refractivity contribution in [3.8, 4) is 22.7 Å². The van der Waals surface area contributed by atoms with E-state index >= 15 is 0 Å². The molecule has 0 amide bonds. The Morgan fingerprint density at radius 1 is 1.17 bits per heavy atom. The Hall–Kier alpha value is -3.35. The number of hydrogen-bond acceptors (Lipinski definition) is 6. The van der Waals surface area contributed by atoms with Crippen LogP contribution >= 0.6 is 0 Å². The maximum absolute atomic E-state index is 12.4. The van der Waals surface area contributed by atoms with Gasteiger partial charge in [0.1, 0.15) is 5.56 Å². The number of nitrogens with one attached hydrogen (secondary N) is 1. The van der Waals surface area contributed by atoms with Gasteiger partial charge in [0.15, 0.2) is 5.82 Å². The normalized spacial score (nSPS) is 11.0. The average molecular weight is 319 g/mol. The Morgan fingerprint density at radius 3 is 2.75 bits per heavy atom. The monoisotopic (exact) mass is 319 g/mol. The zero-order chi connectivity index (χ0) is 16.5. The van der Waals surface area contributed by atoms with Gasteiger partial charge in [0, 0.05) is 36.0 Å². The van der Waals surface area contributed by atoms with Gasteiger partial charge in [0.25, 0.3) is 11.4 Å². The fraction of sp³-hybridized carbons (Fsp3) is 0.118. The van der Waals surface area contributed by atoms with Gasteiger partial charge in [-0.2, -0.15) is 4.98 Å². The second kappa shape index (κ2) is 5.69. The molecule has 0 aromatic carbocycles. The second-order valence-corrected chi connectivity index (χ2v) is 5.24. The fourth-order valence-electron chi connectivity index (χ4n) is 2.53. The first-order chi connectivity index (χ1) is 11.8. The predicted octanol–water partition coefficient (Wildman–Crippen LogP) is 2.60. The van der Waals surface area contributed by atoms with Gasteiger partial charge >= 0.3 is 0 Å². The molecule has 1 N–H and O–H groups in total. The van der Waals surface area contributed by atoms with Crippen molar-refractivity contribution in [2.45, 2.75) is 13.3 Å². The van der Waals surface area contributed by atoms with Gasteiger partial charge in [-0.15, -0.1) is 0 Å². The summed E-state index contributed by atoms with van der Waals surface area (Å²) in [5.41, 5.74) is 2.41. The highest BCUT2D eigenvalue weighted by molar-refractivity contribution is 5.93. The van der Waals surface area contributed by atoms with E-state index in [9.17, 15) is 4.79 Å². The number of pyridine rings is 3. The van der Waals surface area contributed by atoms with Crippen molar-refractivity contribution in [3.63, 3.8) is 0 Å². The highest BCUT2D eigenvalue weighted by atomic mass is 16.5. The number of aromatic amines is 1. The molecule has 24 heavy (non-hydrogen) atoms. The van der Waals surface area contributed by atoms with Crippen LogP contribution in [0, 0.1) is 0 Å². The highest BCUT2D eigenvalue weighted by Crippen LogP contribution is 2.26. The fourth-order valence-corrected chi connectivity index (χ4v) is 2.53. The molecule has 0 bridgehead atoms. The van der Waals surface area contributed by atoms with E-state index in [0.717, 1.165) is 16.6 Å². The number of nitrogens with zero attached hydrogens (tertiary/aromatic N) is 4. The highest BCUT2D eigenvalue weighted by Gasteiger charge is 2.15. The lowest BCUT2D eigenvalue weighted by molar-refractivity contribution is 0.423. The Labute approximate surface area is 136 Å². The Bertz CT molecular complexity index is 1070. The summed E-state index contributed by atoms with van der Waals surface area (Å²) >= 11 is 0. The van der Waals surface area contributed by atoms with Gasteiger partial charge in [0.05, 0.1) is 11.2 Å². The van der Waals surface area contributed by atoms with Gasteiger partial charge in [-0.3, -0.25) is 14.8 Å². The van der Waals surface area contributed by atoms with E-state index in [-0.39, 0.29) is 11.4 Å². The molecule has 0 aliphatic carbocycles. The van der Waals surface area contributed by atoms with Crippen LogP contribution in [-0.4, -0.2) is 25.1 Å². The summed E-state index contributed by atoms with van der Waals surface area (Å²) in [6, 6.07) is 7.24. The zero-order valence-electron chi connectivity index (χ0n) is 12.9. The van der Waals surface area contributed by atoms with Crippen LogP contribution in [0.3, 0.4) is 0 Å². The van der Waals surface area contributed by atoms with Crippen LogP contribution in [-0.2, 0) is 6.42 Å². The van der Waals surface area contributed by atoms with E-state index in [1.165, 1.54) is 0 Å². The van der Waals surface area contributed by atoms with Crippen molar-refractivity contribution in [2.24, 2.45) is 0 Å². The summed E-state index contributed by atoms with van der Waals surface area (Å²) in [5.74, 6) is 0.768. The lowest BCUT2D eigenvalue weighted by Gasteiger charge is -2.06. The predicted molar refractivity (Wildman–Crippen MR) is 88.3 cm³/mol. The summed E-state index contributed by atoms with van der Waals surface area (Å²) in [4.78, 5) is 27.9. The molecule has 7 nitrogen and oxygen atoms in total. The summed E-state index contributed by atoms with van der Waals surface area (Å²) < 4.78 is 5.21. The van der Waals surface area contributed by atoms with Crippen molar-refractivity contribution in [2.75, 3.05) is 0 Å². The van der Waals surface area contributed by atoms with E-state index < -0.39 is 0 Å². The quantitative estimate of drug-likeness (QED) is 0.623. The van der Waals surface area contributed by atoms with Gasteiger partial charge in [-0.05, 0) is 24.3 Å². The molecule has 0 aliphatic rings. The van der Waals surface area contributed by atoms with Crippen molar-refractivity contribution >= 4 is 10.9 Å². The van der Waals surface area contributed by atoms with Crippen molar-refractivity contribution < 1.29 is 4.52 Å². The van der Waals surface area contributed by atoms with Gasteiger partial charge in [0.2, 0.25) is 0 Å². The molecular formula is C17H13N5O2. The second-order valence-electron chi connectivity index (χ2n) is 5.24. The molecule has 7 heteroatoms. The van der Waals surface area contributed by atoms with Gasteiger partial charge in [-0.25, -0.2) is 0 Å². The Morgan fingerprint density at radius 2 is 2.00 bits per heavy atom. The first-order valence-electron chi connectivity index (χ1n) is 7.51. The Balaban J connectivity index is 1.97. The molecule has 4 heterocycles. The van der Waals surface area contributed by atoms with Crippen LogP contribution in [0.4, 0.5) is 0 Å². The maximum atomic E-state index is 12.4. The van der Waals surface area contributed by atoms with Crippen LogP contribution in [0.15, 0.2) is 52.2 Å². The third-order valence-electron chi connectivity index (χ3n) is 3.74. The third kappa shape index (κ3) is 2.36. The first-order valence-corrected chi connectivity index (χ1v) is 7.51. The van der Waals surface area contributed by atoms with Crippen molar-refractivity contribution in [1.29, 1.82) is 0 Å². The first kappa shape index (κ1) is 14.3. The average Bonchev–Trinajstić information content (AvgIpc) is 3.10. The number of aryl methyl sites for hydroxylation is 1. The summed E-state index contributed by atoms with van der Waals surface area (Å²) in [6.07, 6.45) is 5.70. The summed E-state index contributed by atoms with van der Waals surface area (Å²) in [7, 11) is 0. The van der Waals surface area contributed by atoms with Crippen molar-refractivity contribution in [1.82, 2.24) is 25.1 Å². The van der Waals surface area contributed by atoms with Crippen LogP contribution in [0.5, 0.6) is 0 Å². The topological polar surface area (TPSA) is 97.6 Å². The summed E-state index contributed by atoms with van der Waals surface area (Å²) in [5, 5.41) is 4.65. The Kier molecular flexibility index (Phi) is 3.38. The largest absolute Gasteiger partial charge is 0.334 e. The number of rotatable bonds is 3. The smallest absolute Gasteiger partial charge is 0.263 e. The molecule has 0 unspecified atom stereocenters. The van der Waals surface area contributed by atoms with Crippen molar-refractivity contribution in [3.05, 3.63) is 59.0 Å². The van der Waals surface area contributed by atoms with Gasteiger partial charge < -0.3 is 9.51 Å². The minimum atomic E-state index is -0.277. The van der Waals surface area contributed by atoms with E-state index in [1.54, 1.807) is 30.7 Å². The van der Waals surface area contributed by atoms with E-state index in [2.05, 4.69) is 25.1 Å². The zero-order valence-corrected chi connectivity index (χ0v) is 12.9. The molecule has 0 fully saturated rings. The van der Waals surface area contributed by atoms with E-state index in [4.69, 9.17) is 4.52 Å². The van der Waals surface area contributed by atoms with E-state index in [0.29, 0.717) is 23.3 Å². The molecule has 0 saturated heterocycles. The van der Waals surface area contributed by atoms with Crippen LogP contribution in [0.2, 0.25) is 0 Å². The van der Waals surface area contributed by atoms with Crippen LogP contribution in [0.1, 0.15) is 12.7 Å². The minimum absolute atomic E-state index is 0.208. The summed E-state index contributed by atoms with van der Waals surface area (Å²) in [6.45, 7) is 1.92. The molecule has 4 aromatic rings.